The maximum Gasteiger partial charge on any atom is 0.101 e. The lowest BCUT2D eigenvalue weighted by Crippen LogP contribution is -2.39. The van der Waals surface area contributed by atoms with E-state index in [9.17, 15) is 0 Å². The van der Waals surface area contributed by atoms with Gasteiger partial charge in [0, 0.05) is 25.5 Å². The van der Waals surface area contributed by atoms with Crippen molar-refractivity contribution in [1.82, 2.24) is 9.80 Å². The molecule has 0 amide bonds. The van der Waals surface area contributed by atoms with Gasteiger partial charge in [-0.2, -0.15) is 0 Å². The zero-order chi connectivity index (χ0) is 27.4. The van der Waals surface area contributed by atoms with Gasteiger partial charge < -0.3 is 9.80 Å². The van der Waals surface area contributed by atoms with E-state index in [0.29, 0.717) is 6.17 Å². The Morgan fingerprint density at radius 1 is 0.342 bits per heavy atom. The molecule has 0 saturated heterocycles. The predicted octanol–water partition coefficient (Wildman–Crippen LogP) is 12.4. The third-order valence-corrected chi connectivity index (χ3v) is 8.78. The van der Waals surface area contributed by atoms with Crippen molar-refractivity contribution < 1.29 is 0 Å². The molecule has 0 fully saturated rings. The maximum absolute atomic E-state index is 2.67. The molecule has 1 atom stereocenters. The maximum atomic E-state index is 2.67. The highest BCUT2D eigenvalue weighted by molar-refractivity contribution is 4.96. The lowest BCUT2D eigenvalue weighted by Gasteiger charge is -2.33. The summed E-state index contributed by atoms with van der Waals surface area (Å²) < 4.78 is 0. The Morgan fingerprint density at radius 3 is 1.03 bits per heavy atom. The molecule has 0 aromatic rings. The molecule has 0 radical (unpaired) electrons. The lowest BCUT2D eigenvalue weighted by atomic mass is 10.0. The largest absolute Gasteiger partial charge is 0.356 e. The van der Waals surface area contributed by atoms with Gasteiger partial charge in [-0.15, -0.1) is 0 Å². The number of unbranched alkanes of at least 4 members (excludes halogenated alkanes) is 24. The van der Waals surface area contributed by atoms with E-state index in [4.69, 9.17) is 0 Å². The minimum absolute atomic E-state index is 0.639. The van der Waals surface area contributed by atoms with E-state index in [1.165, 1.54) is 193 Å². The molecule has 1 aliphatic rings. The number of nitrogens with zero attached hydrogens (tertiary/aromatic N) is 2. The fourth-order valence-corrected chi connectivity index (χ4v) is 6.25. The Morgan fingerprint density at radius 2 is 0.658 bits per heavy atom. The van der Waals surface area contributed by atoms with Crippen molar-refractivity contribution in [2.75, 3.05) is 13.1 Å². The summed E-state index contributed by atoms with van der Waals surface area (Å²) in [6, 6.07) is 0. The first-order valence-electron chi connectivity index (χ1n) is 18.0. The third kappa shape index (κ3) is 20.3. The van der Waals surface area contributed by atoms with Crippen molar-refractivity contribution in [3.8, 4) is 0 Å². The predicted molar refractivity (Wildman–Crippen MR) is 173 cm³/mol. The van der Waals surface area contributed by atoms with Crippen LogP contribution in [0.5, 0.6) is 0 Å². The van der Waals surface area contributed by atoms with E-state index in [0.717, 1.165) is 0 Å². The third-order valence-electron chi connectivity index (χ3n) is 8.78. The van der Waals surface area contributed by atoms with Crippen molar-refractivity contribution in [3.63, 3.8) is 0 Å². The molecular weight excluding hydrogens is 460 g/mol. The van der Waals surface area contributed by atoms with Crippen molar-refractivity contribution in [2.24, 2.45) is 0 Å². The summed E-state index contributed by atoms with van der Waals surface area (Å²) in [5, 5.41) is 0. The molecule has 226 valence electrons. The van der Waals surface area contributed by atoms with Gasteiger partial charge in [-0.1, -0.05) is 175 Å². The Labute approximate surface area is 241 Å². The minimum atomic E-state index is 0.639. The van der Waals surface area contributed by atoms with E-state index in [1.54, 1.807) is 0 Å². The van der Waals surface area contributed by atoms with Crippen LogP contribution in [0.3, 0.4) is 0 Å². The average Bonchev–Trinajstić information content (AvgIpc) is 3.30. The van der Waals surface area contributed by atoms with E-state index in [2.05, 4.69) is 43.0 Å². The molecule has 0 spiro atoms. The summed E-state index contributed by atoms with van der Waals surface area (Å²) in [6.07, 6.45) is 45.6. The number of hydrogen-bond donors (Lipinski definition) is 0. The van der Waals surface area contributed by atoms with Crippen LogP contribution < -0.4 is 0 Å². The molecule has 0 saturated carbocycles. The van der Waals surface area contributed by atoms with E-state index < -0.39 is 0 Å². The van der Waals surface area contributed by atoms with Crippen LogP contribution in [0.2, 0.25) is 0 Å². The summed E-state index contributed by atoms with van der Waals surface area (Å²) in [7, 11) is 0. The van der Waals surface area contributed by atoms with Crippen LogP contribution in [0.4, 0.5) is 0 Å². The smallest absolute Gasteiger partial charge is 0.101 e. The van der Waals surface area contributed by atoms with Gasteiger partial charge in [-0.25, -0.2) is 0 Å². The minimum Gasteiger partial charge on any atom is -0.356 e. The zero-order valence-electron chi connectivity index (χ0n) is 26.8. The van der Waals surface area contributed by atoms with Gasteiger partial charge in [0.1, 0.15) is 6.17 Å². The van der Waals surface area contributed by atoms with Crippen molar-refractivity contribution in [2.45, 2.75) is 207 Å². The molecule has 0 aromatic heterocycles. The van der Waals surface area contributed by atoms with E-state index in [1.807, 2.05) is 0 Å². The first kappa shape index (κ1) is 35.4. The summed E-state index contributed by atoms with van der Waals surface area (Å²) in [5.41, 5.74) is 0. The van der Waals surface area contributed by atoms with Crippen molar-refractivity contribution in [3.05, 3.63) is 12.4 Å². The monoisotopic (exact) mass is 533 g/mol. The second kappa shape index (κ2) is 27.9. The van der Waals surface area contributed by atoms with Gasteiger partial charge in [-0.3, -0.25) is 0 Å². The van der Waals surface area contributed by atoms with Crippen molar-refractivity contribution >= 4 is 0 Å². The van der Waals surface area contributed by atoms with Gasteiger partial charge in [-0.05, 0) is 25.7 Å². The van der Waals surface area contributed by atoms with Crippen LogP contribution in [0.25, 0.3) is 0 Å². The summed E-state index contributed by atoms with van der Waals surface area (Å²) in [5.74, 6) is 0. The molecule has 0 aliphatic carbocycles. The second-order valence-corrected chi connectivity index (χ2v) is 12.5. The quantitative estimate of drug-likeness (QED) is 0.0848. The van der Waals surface area contributed by atoms with Crippen LogP contribution in [-0.2, 0) is 0 Å². The molecule has 1 heterocycles. The van der Waals surface area contributed by atoms with Crippen LogP contribution in [0.1, 0.15) is 201 Å². The molecule has 2 nitrogen and oxygen atoms in total. The summed E-state index contributed by atoms with van der Waals surface area (Å²) in [6.45, 7) is 9.42. The zero-order valence-corrected chi connectivity index (χ0v) is 26.8. The Hall–Kier alpha value is -0.660. The second-order valence-electron chi connectivity index (χ2n) is 12.5. The van der Waals surface area contributed by atoms with Crippen LogP contribution in [0, 0.1) is 0 Å². The number of hydrogen-bond acceptors (Lipinski definition) is 2. The van der Waals surface area contributed by atoms with E-state index >= 15 is 0 Å². The van der Waals surface area contributed by atoms with Gasteiger partial charge in [0.25, 0.3) is 0 Å². The highest BCUT2D eigenvalue weighted by Crippen LogP contribution is 2.23. The molecule has 1 aliphatic heterocycles. The van der Waals surface area contributed by atoms with Gasteiger partial charge in [0.2, 0.25) is 0 Å². The van der Waals surface area contributed by atoms with Gasteiger partial charge in [0.05, 0.1) is 0 Å². The SMILES string of the molecule is CCCCCCCCCCCCCCCCCN1C=CN(CCC)C1CCCCCCCCCCCCC. The average molecular weight is 533 g/mol. The first-order chi connectivity index (χ1) is 18.8. The Bertz CT molecular complexity index is 488. The fraction of sp³-hybridized carbons (Fsp3) is 0.944. The Kier molecular flexibility index (Phi) is 26.0. The summed E-state index contributed by atoms with van der Waals surface area (Å²) in [4.78, 5) is 5.30. The topological polar surface area (TPSA) is 6.48 Å². The fourth-order valence-electron chi connectivity index (χ4n) is 6.25. The molecular formula is C36H72N2. The molecule has 0 bridgehead atoms. The first-order valence-corrected chi connectivity index (χ1v) is 18.0. The van der Waals surface area contributed by atoms with E-state index in [-0.39, 0.29) is 0 Å². The standard InChI is InChI=1S/C36H72N2/c1-4-7-9-11-13-15-17-18-19-20-22-24-26-28-30-33-38-35-34-37(32-6-3)36(38)31-29-27-25-23-21-16-14-12-10-8-5-2/h34-36H,4-33H2,1-3H3. The molecule has 1 unspecified atom stereocenters. The lowest BCUT2D eigenvalue weighted by molar-refractivity contribution is 0.137. The normalized spacial score (nSPS) is 15.3. The Balaban J connectivity index is 2.00. The molecule has 2 heteroatoms. The van der Waals surface area contributed by atoms with Crippen LogP contribution in [-0.4, -0.2) is 29.1 Å². The molecule has 38 heavy (non-hydrogen) atoms. The molecule has 0 aromatic carbocycles. The van der Waals surface area contributed by atoms with Gasteiger partial charge >= 0.3 is 0 Å². The molecule has 1 rings (SSSR count). The van der Waals surface area contributed by atoms with Crippen LogP contribution >= 0.6 is 0 Å². The summed E-state index contributed by atoms with van der Waals surface area (Å²) >= 11 is 0. The van der Waals surface area contributed by atoms with Gasteiger partial charge in [0.15, 0.2) is 0 Å². The highest BCUT2D eigenvalue weighted by Gasteiger charge is 2.24. The number of rotatable bonds is 30. The van der Waals surface area contributed by atoms with Crippen LogP contribution in [0.15, 0.2) is 12.4 Å². The highest BCUT2D eigenvalue weighted by atomic mass is 15.4. The van der Waals surface area contributed by atoms with Crippen molar-refractivity contribution in [1.29, 1.82) is 0 Å². The molecule has 0 N–H and O–H groups in total.